The quantitative estimate of drug-likeness (QED) is 0.324. The van der Waals surface area contributed by atoms with E-state index < -0.39 is 5.82 Å². The highest BCUT2D eigenvalue weighted by Crippen LogP contribution is 2.39. The van der Waals surface area contributed by atoms with E-state index in [9.17, 15) is 9.18 Å². The minimum Gasteiger partial charge on any atom is -0.493 e. The molecular formula is C21H17ClFNO3S2. The number of thioether (sulfide) groups is 1. The number of ether oxygens (including phenoxy) is 2. The third-order valence-electron chi connectivity index (χ3n) is 4.20. The number of anilines is 1. The lowest BCUT2D eigenvalue weighted by molar-refractivity contribution is -0.113. The van der Waals surface area contributed by atoms with Crippen molar-refractivity contribution in [3.05, 3.63) is 69.9 Å². The van der Waals surface area contributed by atoms with Gasteiger partial charge in [0.05, 0.1) is 29.8 Å². The molecule has 0 spiro atoms. The van der Waals surface area contributed by atoms with Gasteiger partial charge < -0.3 is 9.47 Å². The number of methoxy groups -OCH3 is 2. The van der Waals surface area contributed by atoms with Crippen LogP contribution in [0.5, 0.6) is 11.5 Å². The number of thiocarbonyl (C=S) groups is 1. The summed E-state index contributed by atoms with van der Waals surface area (Å²) in [6.45, 7) is 3.77. The first-order chi connectivity index (χ1) is 13.9. The Hall–Kier alpha value is -2.35. The molecule has 0 radical (unpaired) electrons. The molecule has 150 valence electrons. The first-order valence-electron chi connectivity index (χ1n) is 8.48. The summed E-state index contributed by atoms with van der Waals surface area (Å²) < 4.78 is 24.7. The Kier molecular flexibility index (Phi) is 6.62. The van der Waals surface area contributed by atoms with Crippen molar-refractivity contribution in [1.82, 2.24) is 0 Å². The monoisotopic (exact) mass is 449 g/mol. The minimum absolute atomic E-state index is 0.0745. The maximum atomic E-state index is 13.5. The van der Waals surface area contributed by atoms with E-state index in [1.807, 2.05) is 6.07 Å². The largest absolute Gasteiger partial charge is 0.493 e. The van der Waals surface area contributed by atoms with Gasteiger partial charge in [0, 0.05) is 5.56 Å². The fraction of sp³-hybridized carbons (Fsp3) is 0.143. The molecule has 1 heterocycles. The molecule has 0 atom stereocenters. The molecule has 1 amide bonds. The molecular weight excluding hydrogens is 433 g/mol. The summed E-state index contributed by atoms with van der Waals surface area (Å²) in [5.41, 5.74) is 2.06. The van der Waals surface area contributed by atoms with Gasteiger partial charge in [0.15, 0.2) is 15.8 Å². The van der Waals surface area contributed by atoms with Crippen LogP contribution in [0.2, 0.25) is 5.02 Å². The fourth-order valence-corrected chi connectivity index (χ4v) is 4.40. The van der Waals surface area contributed by atoms with E-state index in [1.54, 1.807) is 32.4 Å². The predicted molar refractivity (Wildman–Crippen MR) is 121 cm³/mol. The van der Waals surface area contributed by atoms with Gasteiger partial charge in [-0.1, -0.05) is 41.7 Å². The summed E-state index contributed by atoms with van der Waals surface area (Å²) in [6.07, 6.45) is 4.08. The zero-order valence-electron chi connectivity index (χ0n) is 15.7. The Morgan fingerprint density at radius 1 is 1.28 bits per heavy atom. The van der Waals surface area contributed by atoms with Gasteiger partial charge in [0.2, 0.25) is 0 Å². The minimum atomic E-state index is -0.559. The fourth-order valence-electron chi connectivity index (χ4n) is 2.92. The van der Waals surface area contributed by atoms with Crippen molar-refractivity contribution in [2.45, 2.75) is 6.42 Å². The van der Waals surface area contributed by atoms with Gasteiger partial charge in [0.1, 0.15) is 5.82 Å². The molecule has 0 aromatic heterocycles. The second kappa shape index (κ2) is 8.98. The van der Waals surface area contributed by atoms with Crippen molar-refractivity contribution < 1.29 is 18.7 Å². The summed E-state index contributed by atoms with van der Waals surface area (Å²) in [7, 11) is 3.13. The third-order valence-corrected chi connectivity index (χ3v) is 5.79. The van der Waals surface area contributed by atoms with Gasteiger partial charge in [-0.25, -0.2) is 4.39 Å². The first kappa shape index (κ1) is 21.4. The van der Waals surface area contributed by atoms with Crippen LogP contribution in [0.1, 0.15) is 11.1 Å². The third kappa shape index (κ3) is 4.32. The molecule has 3 rings (SSSR count). The number of hydrogen-bond donors (Lipinski definition) is 0. The van der Waals surface area contributed by atoms with Gasteiger partial charge in [-0.3, -0.25) is 9.69 Å². The molecule has 29 heavy (non-hydrogen) atoms. The Morgan fingerprint density at radius 2 is 2.03 bits per heavy atom. The lowest BCUT2D eigenvalue weighted by Crippen LogP contribution is -2.27. The lowest BCUT2D eigenvalue weighted by atomic mass is 10.0. The highest BCUT2D eigenvalue weighted by atomic mass is 35.5. The second-order valence-electron chi connectivity index (χ2n) is 6.02. The van der Waals surface area contributed by atoms with Crippen molar-refractivity contribution in [1.29, 1.82) is 0 Å². The molecule has 1 saturated heterocycles. The van der Waals surface area contributed by atoms with E-state index in [1.165, 1.54) is 23.1 Å². The van der Waals surface area contributed by atoms with Crippen LogP contribution in [-0.2, 0) is 11.2 Å². The standard InChI is InChI=1S/C21H17ClFNO3S2/c1-4-5-13-8-12(9-17(26-2)19(13)27-3)10-18-20(25)24(21(28)29-18)14-6-7-16(23)15(22)11-14/h4,6-11H,1,5H2,2-3H3. The molecule has 1 fully saturated rings. The van der Waals surface area contributed by atoms with Crippen molar-refractivity contribution in [3.63, 3.8) is 0 Å². The van der Waals surface area contributed by atoms with Crippen molar-refractivity contribution in [2.24, 2.45) is 0 Å². The van der Waals surface area contributed by atoms with Crippen molar-refractivity contribution in [3.8, 4) is 11.5 Å². The average Bonchev–Trinajstić information content (AvgIpc) is 2.97. The van der Waals surface area contributed by atoms with E-state index in [0.717, 1.165) is 22.9 Å². The second-order valence-corrected chi connectivity index (χ2v) is 8.11. The summed E-state index contributed by atoms with van der Waals surface area (Å²) >= 11 is 12.4. The van der Waals surface area contributed by atoms with Gasteiger partial charge >= 0.3 is 0 Å². The number of hydrogen-bond acceptors (Lipinski definition) is 5. The molecule has 2 aromatic carbocycles. The number of halogens is 2. The van der Waals surface area contributed by atoms with E-state index in [2.05, 4.69) is 6.58 Å². The van der Waals surface area contributed by atoms with Gasteiger partial charge in [-0.2, -0.15) is 0 Å². The van der Waals surface area contributed by atoms with Crippen LogP contribution in [0, 0.1) is 5.82 Å². The average molecular weight is 450 g/mol. The number of rotatable bonds is 6. The molecule has 2 aromatic rings. The zero-order chi connectivity index (χ0) is 21.1. The molecule has 0 bridgehead atoms. The Balaban J connectivity index is 2.00. The van der Waals surface area contributed by atoms with Crippen LogP contribution in [0.15, 0.2) is 47.9 Å². The van der Waals surface area contributed by atoms with E-state index in [-0.39, 0.29) is 10.9 Å². The first-order valence-corrected chi connectivity index (χ1v) is 10.1. The lowest BCUT2D eigenvalue weighted by Gasteiger charge is -2.15. The highest BCUT2D eigenvalue weighted by Gasteiger charge is 2.33. The molecule has 0 N–H and O–H groups in total. The van der Waals surface area contributed by atoms with Gasteiger partial charge in [-0.05, 0) is 48.4 Å². The Bertz CT molecular complexity index is 1040. The van der Waals surface area contributed by atoms with Crippen LogP contribution >= 0.6 is 35.6 Å². The van der Waals surface area contributed by atoms with Crippen molar-refractivity contribution in [2.75, 3.05) is 19.1 Å². The zero-order valence-corrected chi connectivity index (χ0v) is 18.1. The molecule has 1 aliphatic heterocycles. The number of nitrogens with zero attached hydrogens (tertiary/aromatic N) is 1. The van der Waals surface area contributed by atoms with E-state index in [4.69, 9.17) is 33.3 Å². The predicted octanol–water partition coefficient (Wildman–Crippen LogP) is 5.63. The Morgan fingerprint density at radius 3 is 2.66 bits per heavy atom. The van der Waals surface area contributed by atoms with Crippen LogP contribution in [0.3, 0.4) is 0 Å². The maximum Gasteiger partial charge on any atom is 0.270 e. The van der Waals surface area contributed by atoms with Crippen LogP contribution < -0.4 is 14.4 Å². The van der Waals surface area contributed by atoms with Crippen LogP contribution in [0.25, 0.3) is 6.08 Å². The van der Waals surface area contributed by atoms with Crippen LogP contribution in [-0.4, -0.2) is 24.4 Å². The number of carbonyl (C=O) groups excluding carboxylic acids is 1. The summed E-state index contributed by atoms with van der Waals surface area (Å²) in [4.78, 5) is 14.7. The topological polar surface area (TPSA) is 38.8 Å². The smallest absolute Gasteiger partial charge is 0.270 e. The van der Waals surface area contributed by atoms with Gasteiger partial charge in [0.25, 0.3) is 5.91 Å². The summed E-state index contributed by atoms with van der Waals surface area (Å²) in [5.74, 6) is 0.316. The maximum absolute atomic E-state index is 13.5. The molecule has 1 aliphatic rings. The SMILES string of the molecule is C=CCc1cc(C=C2SC(=S)N(c3ccc(F)c(Cl)c3)C2=O)cc(OC)c1OC. The highest BCUT2D eigenvalue weighted by molar-refractivity contribution is 8.27. The van der Waals surface area contributed by atoms with Crippen molar-refractivity contribution >= 4 is 57.6 Å². The number of amides is 1. The van der Waals surface area contributed by atoms with E-state index >= 15 is 0 Å². The summed E-state index contributed by atoms with van der Waals surface area (Å²) in [5, 5.41) is -0.0745. The number of allylic oxidation sites excluding steroid dienone is 1. The molecule has 0 aliphatic carbocycles. The molecule has 4 nitrogen and oxygen atoms in total. The molecule has 8 heteroatoms. The number of carbonyl (C=O) groups is 1. The van der Waals surface area contributed by atoms with E-state index in [0.29, 0.717) is 32.8 Å². The summed E-state index contributed by atoms with van der Waals surface area (Å²) in [6, 6.07) is 7.74. The van der Waals surface area contributed by atoms with Crippen LogP contribution in [0.4, 0.5) is 10.1 Å². The van der Waals surface area contributed by atoms with Gasteiger partial charge in [-0.15, -0.1) is 6.58 Å². The molecule has 0 unspecified atom stereocenters. The Labute approximate surface area is 182 Å². The molecule has 0 saturated carbocycles. The number of benzene rings is 2. The normalized spacial score (nSPS) is 15.2.